The number of aliphatic hydroxyl groups is 1. The number of nitrogens with zero attached hydrogens (tertiary/aromatic N) is 2. The SMILES string of the molecule is C[C@H]1CO[C@@H](Cc2ccc(F)cc2)CN1C(=O)CN1CC[C@](O)(c2ccc(Cl)cc2)C(C)(C)C1. The Morgan fingerprint density at radius 2 is 1.85 bits per heavy atom. The molecular weight excluding hydrogens is 455 g/mol. The zero-order chi connectivity index (χ0) is 24.5. The van der Waals surface area contributed by atoms with Gasteiger partial charge in [0.25, 0.3) is 0 Å². The molecule has 4 rings (SSSR count). The van der Waals surface area contributed by atoms with Crippen molar-refractivity contribution in [2.24, 2.45) is 5.41 Å². The highest BCUT2D eigenvalue weighted by atomic mass is 35.5. The van der Waals surface area contributed by atoms with Gasteiger partial charge in [0.15, 0.2) is 0 Å². The Labute approximate surface area is 206 Å². The summed E-state index contributed by atoms with van der Waals surface area (Å²) in [5.74, 6) is -0.182. The molecule has 2 aromatic rings. The molecule has 0 unspecified atom stereocenters. The van der Waals surface area contributed by atoms with Gasteiger partial charge in [-0.3, -0.25) is 9.69 Å². The van der Waals surface area contributed by atoms with E-state index in [1.807, 2.05) is 49.9 Å². The predicted molar refractivity (Wildman–Crippen MR) is 131 cm³/mol. The van der Waals surface area contributed by atoms with Crippen molar-refractivity contribution in [1.82, 2.24) is 9.80 Å². The minimum absolute atomic E-state index is 0.000711. The van der Waals surface area contributed by atoms with Gasteiger partial charge in [-0.05, 0) is 48.7 Å². The van der Waals surface area contributed by atoms with Gasteiger partial charge in [-0.15, -0.1) is 0 Å². The molecule has 0 aromatic heterocycles. The van der Waals surface area contributed by atoms with Crippen LogP contribution in [0, 0.1) is 11.2 Å². The molecule has 2 saturated heterocycles. The Balaban J connectivity index is 1.38. The van der Waals surface area contributed by atoms with Crippen molar-refractivity contribution < 1.29 is 19.0 Å². The van der Waals surface area contributed by atoms with Crippen LogP contribution in [0.4, 0.5) is 4.39 Å². The highest BCUT2D eigenvalue weighted by Crippen LogP contribution is 2.46. The molecule has 0 spiro atoms. The average Bonchev–Trinajstić information content (AvgIpc) is 2.79. The molecule has 2 aliphatic heterocycles. The summed E-state index contributed by atoms with van der Waals surface area (Å²) < 4.78 is 19.2. The van der Waals surface area contributed by atoms with Crippen LogP contribution in [0.1, 0.15) is 38.3 Å². The molecule has 184 valence electrons. The smallest absolute Gasteiger partial charge is 0.237 e. The number of morpholine rings is 1. The lowest BCUT2D eigenvalue weighted by Gasteiger charge is -2.51. The maximum Gasteiger partial charge on any atom is 0.237 e. The highest BCUT2D eigenvalue weighted by Gasteiger charge is 2.49. The number of benzene rings is 2. The Morgan fingerprint density at radius 3 is 2.50 bits per heavy atom. The van der Waals surface area contributed by atoms with Crippen LogP contribution in [0.2, 0.25) is 5.02 Å². The summed E-state index contributed by atoms with van der Waals surface area (Å²) in [7, 11) is 0. The van der Waals surface area contributed by atoms with E-state index >= 15 is 0 Å². The highest BCUT2D eigenvalue weighted by molar-refractivity contribution is 6.30. The van der Waals surface area contributed by atoms with E-state index < -0.39 is 11.0 Å². The van der Waals surface area contributed by atoms with Crippen molar-refractivity contribution in [2.45, 2.75) is 51.4 Å². The number of amides is 1. The molecule has 1 N–H and O–H groups in total. The van der Waals surface area contributed by atoms with E-state index in [2.05, 4.69) is 4.90 Å². The van der Waals surface area contributed by atoms with Gasteiger partial charge in [0.1, 0.15) is 5.82 Å². The van der Waals surface area contributed by atoms with Gasteiger partial charge < -0.3 is 14.7 Å². The van der Waals surface area contributed by atoms with Crippen LogP contribution in [0.25, 0.3) is 0 Å². The molecule has 2 aliphatic rings. The lowest BCUT2D eigenvalue weighted by molar-refractivity contribution is -0.152. The third-order valence-electron chi connectivity index (χ3n) is 7.41. The lowest BCUT2D eigenvalue weighted by Crippen LogP contribution is -2.58. The van der Waals surface area contributed by atoms with Gasteiger partial charge in [-0.25, -0.2) is 4.39 Å². The lowest BCUT2D eigenvalue weighted by atomic mass is 9.66. The van der Waals surface area contributed by atoms with E-state index in [4.69, 9.17) is 16.3 Å². The molecule has 0 aliphatic carbocycles. The molecule has 0 saturated carbocycles. The van der Waals surface area contributed by atoms with E-state index in [-0.39, 0.29) is 23.9 Å². The maximum absolute atomic E-state index is 13.3. The first-order chi connectivity index (χ1) is 16.1. The quantitative estimate of drug-likeness (QED) is 0.683. The van der Waals surface area contributed by atoms with Crippen LogP contribution in [0.5, 0.6) is 0 Å². The number of hydrogen-bond acceptors (Lipinski definition) is 4. The van der Waals surface area contributed by atoms with Gasteiger partial charge in [0.05, 0.1) is 30.9 Å². The molecule has 3 atom stereocenters. The van der Waals surface area contributed by atoms with Crippen LogP contribution in [-0.2, 0) is 21.6 Å². The van der Waals surface area contributed by atoms with Crippen molar-refractivity contribution >= 4 is 17.5 Å². The standard InChI is InChI=1S/C27H34ClFN2O3/c1-19-17-34-24(14-20-4-10-23(29)11-5-20)15-31(19)25(32)16-30-13-12-27(33,26(2,3)18-30)21-6-8-22(28)9-7-21/h4-11,19,24,33H,12-18H2,1-3H3/t19-,24-,27-/m0/s1. The first-order valence-electron chi connectivity index (χ1n) is 11.9. The van der Waals surface area contributed by atoms with Gasteiger partial charge in [0, 0.05) is 36.5 Å². The molecule has 5 nitrogen and oxygen atoms in total. The molecular formula is C27H34ClFN2O3. The fraction of sp³-hybridized carbons (Fsp3) is 0.519. The van der Waals surface area contributed by atoms with Crippen molar-refractivity contribution in [1.29, 1.82) is 0 Å². The monoisotopic (exact) mass is 488 g/mol. The largest absolute Gasteiger partial charge is 0.385 e. The van der Waals surface area contributed by atoms with E-state index in [1.54, 1.807) is 12.1 Å². The molecule has 7 heteroatoms. The first kappa shape index (κ1) is 25.1. The van der Waals surface area contributed by atoms with Crippen LogP contribution >= 0.6 is 11.6 Å². The summed E-state index contributed by atoms with van der Waals surface area (Å²) in [5, 5.41) is 12.2. The second kappa shape index (κ2) is 9.94. The third-order valence-corrected chi connectivity index (χ3v) is 7.66. The fourth-order valence-electron chi connectivity index (χ4n) is 5.28. The number of likely N-dealkylation sites (tertiary alicyclic amines) is 1. The third kappa shape index (κ3) is 5.30. The molecule has 2 aromatic carbocycles. The first-order valence-corrected chi connectivity index (χ1v) is 12.3. The van der Waals surface area contributed by atoms with E-state index in [1.165, 1.54) is 12.1 Å². The van der Waals surface area contributed by atoms with Crippen LogP contribution < -0.4 is 0 Å². The maximum atomic E-state index is 13.3. The van der Waals surface area contributed by atoms with Crippen LogP contribution in [0.3, 0.4) is 0 Å². The van der Waals surface area contributed by atoms with Gasteiger partial charge in [-0.1, -0.05) is 49.7 Å². The number of carbonyl (C=O) groups is 1. The number of halogens is 2. The molecule has 2 fully saturated rings. The zero-order valence-electron chi connectivity index (χ0n) is 20.1. The molecule has 1 amide bonds. The molecule has 2 heterocycles. The Kier molecular flexibility index (Phi) is 7.34. The molecule has 34 heavy (non-hydrogen) atoms. The van der Waals surface area contributed by atoms with Gasteiger partial charge in [0.2, 0.25) is 5.91 Å². The summed E-state index contributed by atoms with van der Waals surface area (Å²) in [5.41, 5.74) is 0.427. The summed E-state index contributed by atoms with van der Waals surface area (Å²) in [4.78, 5) is 17.4. The van der Waals surface area contributed by atoms with Crippen molar-refractivity contribution in [3.63, 3.8) is 0 Å². The number of rotatable bonds is 5. The second-order valence-corrected chi connectivity index (χ2v) is 10.8. The summed E-state index contributed by atoms with van der Waals surface area (Å²) in [6.45, 7) is 8.66. The Hall–Kier alpha value is -1.99. The number of hydrogen-bond donors (Lipinski definition) is 1. The minimum Gasteiger partial charge on any atom is -0.385 e. The van der Waals surface area contributed by atoms with Gasteiger partial charge in [-0.2, -0.15) is 0 Å². The average molecular weight is 489 g/mol. The van der Waals surface area contributed by atoms with E-state index in [0.29, 0.717) is 50.7 Å². The summed E-state index contributed by atoms with van der Waals surface area (Å²) in [6.07, 6.45) is 1.07. The van der Waals surface area contributed by atoms with Crippen molar-refractivity contribution in [3.05, 3.63) is 70.5 Å². The van der Waals surface area contributed by atoms with Crippen LogP contribution in [-0.4, -0.2) is 65.7 Å². The zero-order valence-corrected chi connectivity index (χ0v) is 20.9. The molecule has 0 radical (unpaired) electrons. The summed E-state index contributed by atoms with van der Waals surface area (Å²) in [6, 6.07) is 13.8. The Morgan fingerprint density at radius 1 is 1.18 bits per heavy atom. The second-order valence-electron chi connectivity index (χ2n) is 10.4. The minimum atomic E-state index is -0.982. The number of piperidine rings is 1. The van der Waals surface area contributed by atoms with Crippen LogP contribution in [0.15, 0.2) is 48.5 Å². The normalized spacial score (nSPS) is 27.5. The number of ether oxygens (including phenoxy) is 1. The van der Waals surface area contributed by atoms with Gasteiger partial charge >= 0.3 is 0 Å². The molecule has 0 bridgehead atoms. The van der Waals surface area contributed by atoms with Crippen molar-refractivity contribution in [3.8, 4) is 0 Å². The van der Waals surface area contributed by atoms with Crippen molar-refractivity contribution in [2.75, 3.05) is 32.8 Å². The summed E-state index contributed by atoms with van der Waals surface area (Å²) >= 11 is 6.04. The Bertz CT molecular complexity index is 998. The topological polar surface area (TPSA) is 53.0 Å². The fourth-order valence-corrected chi connectivity index (χ4v) is 5.40. The number of carbonyl (C=O) groups excluding carboxylic acids is 1. The predicted octanol–water partition coefficient (Wildman–Crippen LogP) is 4.26. The van der Waals surface area contributed by atoms with E-state index in [9.17, 15) is 14.3 Å². The van der Waals surface area contributed by atoms with E-state index in [0.717, 1.165) is 11.1 Å².